The van der Waals surface area contributed by atoms with Crippen LogP contribution in [0.15, 0.2) is 54.6 Å². The summed E-state index contributed by atoms with van der Waals surface area (Å²) in [4.78, 5) is 25.8. The van der Waals surface area contributed by atoms with Crippen molar-refractivity contribution in [2.45, 2.75) is 25.6 Å². The summed E-state index contributed by atoms with van der Waals surface area (Å²) in [5.41, 5.74) is 4.22. The summed E-state index contributed by atoms with van der Waals surface area (Å²) in [5, 5.41) is 2.80. The number of benzene rings is 2. The fourth-order valence-electron chi connectivity index (χ4n) is 3.12. The molecule has 1 unspecified atom stereocenters. The van der Waals surface area contributed by atoms with Crippen LogP contribution >= 0.6 is 0 Å². The van der Waals surface area contributed by atoms with Crippen molar-refractivity contribution in [2.24, 2.45) is 5.84 Å². The Balaban J connectivity index is 1.65. The van der Waals surface area contributed by atoms with Gasteiger partial charge in [-0.2, -0.15) is 0 Å². The van der Waals surface area contributed by atoms with Gasteiger partial charge in [0.1, 0.15) is 12.4 Å². The smallest absolute Gasteiger partial charge is 0.237 e. The van der Waals surface area contributed by atoms with Gasteiger partial charge in [0, 0.05) is 19.6 Å². The predicted molar refractivity (Wildman–Crippen MR) is 101 cm³/mol. The van der Waals surface area contributed by atoms with Crippen LogP contribution in [0.3, 0.4) is 0 Å². The van der Waals surface area contributed by atoms with Crippen LogP contribution in [-0.2, 0) is 22.7 Å². The number of hydrogen-bond acceptors (Lipinski definition) is 5. The maximum Gasteiger partial charge on any atom is 0.237 e. The van der Waals surface area contributed by atoms with Crippen LogP contribution in [0.2, 0.25) is 0 Å². The molecule has 0 saturated carbocycles. The van der Waals surface area contributed by atoms with Crippen molar-refractivity contribution in [3.63, 3.8) is 0 Å². The minimum absolute atomic E-state index is 0.0343. The molecule has 2 aromatic rings. The molecular weight excluding hydrogens is 344 g/mol. The number of carbonyl (C=O) groups excluding carboxylic acids is 2. The number of carbonyl (C=O) groups is 2. The predicted octanol–water partition coefficient (Wildman–Crippen LogP) is 0.946. The molecule has 2 aromatic carbocycles. The fourth-order valence-corrected chi connectivity index (χ4v) is 3.12. The molecule has 27 heavy (non-hydrogen) atoms. The van der Waals surface area contributed by atoms with E-state index in [1.54, 1.807) is 0 Å². The molecule has 1 heterocycles. The first-order valence-electron chi connectivity index (χ1n) is 8.92. The molecule has 0 aromatic heterocycles. The van der Waals surface area contributed by atoms with E-state index in [0.717, 1.165) is 16.9 Å². The van der Waals surface area contributed by atoms with E-state index in [2.05, 4.69) is 10.7 Å². The average molecular weight is 368 g/mol. The molecule has 1 aliphatic rings. The molecule has 0 radical (unpaired) electrons. The number of hydrazine groups is 1. The van der Waals surface area contributed by atoms with E-state index in [1.165, 1.54) is 0 Å². The minimum atomic E-state index is -0.531. The Hall–Kier alpha value is -2.90. The Labute approximate surface area is 158 Å². The summed E-state index contributed by atoms with van der Waals surface area (Å²) in [7, 11) is 0. The normalized spacial score (nSPS) is 17.2. The fraction of sp³-hybridized carbons (Fsp3) is 0.300. The summed E-state index contributed by atoms with van der Waals surface area (Å²) in [6.45, 7) is 2.28. The number of hydrogen-bond donors (Lipinski definition) is 3. The van der Waals surface area contributed by atoms with Gasteiger partial charge in [-0.3, -0.25) is 19.9 Å². The maximum absolute atomic E-state index is 12.2. The molecule has 4 N–H and O–H groups in total. The van der Waals surface area contributed by atoms with Crippen LogP contribution in [0, 0.1) is 0 Å². The van der Waals surface area contributed by atoms with Crippen molar-refractivity contribution >= 4 is 11.8 Å². The highest BCUT2D eigenvalue weighted by atomic mass is 16.5. The Bertz CT molecular complexity index is 782. The van der Waals surface area contributed by atoms with Crippen LogP contribution in [-0.4, -0.2) is 35.8 Å². The van der Waals surface area contributed by atoms with Gasteiger partial charge in [-0.25, -0.2) is 5.84 Å². The van der Waals surface area contributed by atoms with Crippen LogP contribution < -0.4 is 21.3 Å². The lowest BCUT2D eigenvalue weighted by atomic mass is 10.1. The van der Waals surface area contributed by atoms with Crippen molar-refractivity contribution in [2.75, 3.05) is 13.1 Å². The molecule has 2 amide bonds. The van der Waals surface area contributed by atoms with E-state index in [-0.39, 0.29) is 18.2 Å². The number of amides is 2. The molecule has 0 bridgehead atoms. The molecule has 0 aliphatic carbocycles. The number of nitrogens with zero attached hydrogens (tertiary/aromatic N) is 1. The summed E-state index contributed by atoms with van der Waals surface area (Å²) in [6.07, 6.45) is 0.0343. The number of rotatable bonds is 7. The summed E-state index contributed by atoms with van der Waals surface area (Å²) < 4.78 is 5.87. The van der Waals surface area contributed by atoms with E-state index < -0.39 is 6.04 Å². The van der Waals surface area contributed by atoms with Gasteiger partial charge in [0.15, 0.2) is 0 Å². The molecule has 7 nitrogen and oxygen atoms in total. The van der Waals surface area contributed by atoms with Gasteiger partial charge in [0.2, 0.25) is 11.8 Å². The van der Waals surface area contributed by atoms with Crippen LogP contribution in [0.25, 0.3) is 0 Å². The van der Waals surface area contributed by atoms with Gasteiger partial charge in [-0.05, 0) is 23.3 Å². The zero-order chi connectivity index (χ0) is 19.1. The summed E-state index contributed by atoms with van der Waals surface area (Å²) in [5.74, 6) is 5.43. The monoisotopic (exact) mass is 368 g/mol. The van der Waals surface area contributed by atoms with Gasteiger partial charge in [0.25, 0.3) is 0 Å². The first kappa shape index (κ1) is 18.9. The van der Waals surface area contributed by atoms with Gasteiger partial charge in [0.05, 0.1) is 12.5 Å². The minimum Gasteiger partial charge on any atom is -0.489 e. The quantitative estimate of drug-likeness (QED) is 0.384. The third-order valence-corrected chi connectivity index (χ3v) is 4.51. The Morgan fingerprint density at radius 2 is 1.96 bits per heavy atom. The maximum atomic E-state index is 12.2. The molecule has 1 aliphatic heterocycles. The van der Waals surface area contributed by atoms with E-state index in [9.17, 15) is 9.59 Å². The molecule has 1 fully saturated rings. The SMILES string of the molecule is NNC(=O)CC1C(=O)NCCN1Cc1cccc(OCc2ccccc2)c1. The van der Waals surface area contributed by atoms with Crippen molar-refractivity contribution in [1.82, 2.24) is 15.6 Å². The molecule has 1 atom stereocenters. The molecule has 3 rings (SSSR count). The molecular formula is C20H24N4O3. The van der Waals surface area contributed by atoms with E-state index in [1.807, 2.05) is 59.5 Å². The molecule has 1 saturated heterocycles. The van der Waals surface area contributed by atoms with Crippen LogP contribution in [0.4, 0.5) is 0 Å². The van der Waals surface area contributed by atoms with Crippen molar-refractivity contribution < 1.29 is 14.3 Å². The third kappa shape index (κ3) is 5.29. The highest BCUT2D eigenvalue weighted by molar-refractivity contribution is 5.88. The Kier molecular flexibility index (Phi) is 6.40. The highest BCUT2D eigenvalue weighted by Gasteiger charge is 2.31. The zero-order valence-corrected chi connectivity index (χ0v) is 15.1. The van der Waals surface area contributed by atoms with Gasteiger partial charge < -0.3 is 10.1 Å². The van der Waals surface area contributed by atoms with Crippen molar-refractivity contribution in [3.8, 4) is 5.75 Å². The zero-order valence-electron chi connectivity index (χ0n) is 15.1. The van der Waals surface area contributed by atoms with E-state index in [4.69, 9.17) is 10.6 Å². The van der Waals surface area contributed by atoms with Gasteiger partial charge in [-0.15, -0.1) is 0 Å². The first-order valence-corrected chi connectivity index (χ1v) is 8.92. The highest BCUT2D eigenvalue weighted by Crippen LogP contribution is 2.19. The summed E-state index contributed by atoms with van der Waals surface area (Å²) in [6, 6.07) is 17.2. The lowest BCUT2D eigenvalue weighted by Gasteiger charge is -2.34. The van der Waals surface area contributed by atoms with E-state index in [0.29, 0.717) is 26.2 Å². The summed E-state index contributed by atoms with van der Waals surface area (Å²) >= 11 is 0. The number of ether oxygens (including phenoxy) is 1. The van der Waals surface area contributed by atoms with E-state index >= 15 is 0 Å². The number of nitrogens with two attached hydrogens (primary N) is 1. The molecule has 7 heteroatoms. The topological polar surface area (TPSA) is 96.7 Å². The van der Waals surface area contributed by atoms with Crippen LogP contribution in [0.1, 0.15) is 17.5 Å². The van der Waals surface area contributed by atoms with Crippen LogP contribution in [0.5, 0.6) is 5.75 Å². The number of piperazine rings is 1. The lowest BCUT2D eigenvalue weighted by Crippen LogP contribution is -2.56. The second-order valence-corrected chi connectivity index (χ2v) is 6.47. The third-order valence-electron chi connectivity index (χ3n) is 4.51. The lowest BCUT2D eigenvalue weighted by molar-refractivity contribution is -0.134. The average Bonchev–Trinajstić information content (AvgIpc) is 2.70. The largest absolute Gasteiger partial charge is 0.489 e. The van der Waals surface area contributed by atoms with Crippen molar-refractivity contribution in [3.05, 3.63) is 65.7 Å². The number of nitrogens with one attached hydrogen (secondary N) is 2. The van der Waals surface area contributed by atoms with Gasteiger partial charge in [-0.1, -0.05) is 42.5 Å². The molecule has 142 valence electrons. The first-order chi connectivity index (χ1) is 13.2. The standard InChI is InChI=1S/C20H24N4O3/c21-23-19(25)12-18-20(26)22-9-10-24(18)13-16-7-4-8-17(11-16)27-14-15-5-2-1-3-6-15/h1-8,11,18H,9-10,12-14,21H2,(H,22,26)(H,23,25). The second kappa shape index (κ2) is 9.16. The second-order valence-electron chi connectivity index (χ2n) is 6.47. The Morgan fingerprint density at radius 1 is 1.19 bits per heavy atom. The molecule has 0 spiro atoms. The Morgan fingerprint density at radius 3 is 2.74 bits per heavy atom. The van der Waals surface area contributed by atoms with Gasteiger partial charge >= 0.3 is 0 Å². The van der Waals surface area contributed by atoms with Crippen molar-refractivity contribution in [1.29, 1.82) is 0 Å².